The van der Waals surface area contributed by atoms with Crippen molar-refractivity contribution in [1.29, 1.82) is 0 Å². The molecule has 1 aromatic heterocycles. The Morgan fingerprint density at radius 3 is 2.56 bits per heavy atom. The van der Waals surface area contributed by atoms with Gasteiger partial charge in [0.05, 0.1) is 10.6 Å². The summed E-state index contributed by atoms with van der Waals surface area (Å²) in [7, 11) is 0. The number of hydrogen-bond acceptors (Lipinski definition) is 4. The largest absolute Gasteiger partial charge is 0.368 e. The Bertz CT molecular complexity index is 1240. The first kappa shape index (κ1) is 20.6. The summed E-state index contributed by atoms with van der Waals surface area (Å²) in [6, 6.07) is 17.8. The van der Waals surface area contributed by atoms with Gasteiger partial charge < -0.3 is 10.3 Å². The molecule has 0 bridgehead atoms. The Balaban J connectivity index is 1.56. The van der Waals surface area contributed by atoms with Gasteiger partial charge in [0.25, 0.3) is 5.91 Å². The number of amidine groups is 1. The first-order valence-electron chi connectivity index (χ1n) is 10.8. The van der Waals surface area contributed by atoms with Crippen molar-refractivity contribution in [2.45, 2.75) is 38.3 Å². The second kappa shape index (κ2) is 8.67. The smallest absolute Gasteiger partial charge is 0.267 e. The molecule has 0 atom stereocenters. The SMILES string of the molecule is NC(=O)Cn1cc(/C=C2/SC(=Nc3ccccc3)N(C3CCCC3)C2=O)c2ccccc21. The third kappa shape index (κ3) is 3.96. The molecule has 162 valence electrons. The number of carbonyl (C=O) groups excluding carboxylic acids is 2. The molecule has 2 fully saturated rings. The minimum absolute atomic E-state index is 0.00307. The lowest BCUT2D eigenvalue weighted by molar-refractivity contribution is -0.123. The summed E-state index contributed by atoms with van der Waals surface area (Å²) in [6.45, 7) is 0.0969. The zero-order chi connectivity index (χ0) is 22.1. The molecule has 1 saturated heterocycles. The molecule has 2 N–H and O–H groups in total. The molecule has 6 nitrogen and oxygen atoms in total. The van der Waals surface area contributed by atoms with E-state index in [1.165, 1.54) is 11.8 Å². The maximum absolute atomic E-state index is 13.5. The van der Waals surface area contributed by atoms with Crippen LogP contribution in [0.2, 0.25) is 0 Å². The Labute approximate surface area is 190 Å². The van der Waals surface area contributed by atoms with Crippen LogP contribution >= 0.6 is 11.8 Å². The molecule has 3 aromatic rings. The second-order valence-corrected chi connectivity index (χ2v) is 9.16. The summed E-state index contributed by atoms with van der Waals surface area (Å²) in [5, 5.41) is 1.72. The van der Waals surface area contributed by atoms with Crippen LogP contribution in [0.3, 0.4) is 0 Å². The van der Waals surface area contributed by atoms with E-state index < -0.39 is 5.91 Å². The van der Waals surface area contributed by atoms with Crippen LogP contribution in [-0.2, 0) is 16.1 Å². The van der Waals surface area contributed by atoms with Gasteiger partial charge in [-0.05, 0) is 48.9 Å². The zero-order valence-electron chi connectivity index (χ0n) is 17.6. The predicted molar refractivity (Wildman–Crippen MR) is 129 cm³/mol. The second-order valence-electron chi connectivity index (χ2n) is 8.15. The van der Waals surface area contributed by atoms with Gasteiger partial charge in [-0.2, -0.15) is 0 Å². The standard InChI is InChI=1S/C25H24N4O2S/c26-23(30)16-28-15-17(20-12-6-7-13-21(20)28)14-22-24(31)29(19-10-4-5-11-19)25(32-22)27-18-8-2-1-3-9-18/h1-3,6-9,12-15,19H,4-5,10-11,16H2,(H2,26,30)/b22-14+,27-25?. The van der Waals surface area contributed by atoms with E-state index in [1.54, 1.807) is 0 Å². The molecule has 1 aliphatic carbocycles. The number of rotatable bonds is 5. The summed E-state index contributed by atoms with van der Waals surface area (Å²) in [5.74, 6) is -0.399. The van der Waals surface area contributed by atoms with E-state index in [0.29, 0.717) is 4.91 Å². The number of benzene rings is 2. The lowest BCUT2D eigenvalue weighted by atomic mass is 10.1. The van der Waals surface area contributed by atoms with Crippen molar-refractivity contribution >= 4 is 51.4 Å². The summed E-state index contributed by atoms with van der Waals surface area (Å²) in [6.07, 6.45) is 8.09. The van der Waals surface area contributed by atoms with E-state index in [-0.39, 0.29) is 18.5 Å². The highest BCUT2D eigenvalue weighted by atomic mass is 32.2. The molecule has 2 aromatic carbocycles. The lowest BCUT2D eigenvalue weighted by Crippen LogP contribution is -2.37. The van der Waals surface area contributed by atoms with Crippen molar-refractivity contribution < 1.29 is 9.59 Å². The van der Waals surface area contributed by atoms with Gasteiger partial charge >= 0.3 is 0 Å². The molecule has 5 rings (SSSR count). The highest BCUT2D eigenvalue weighted by molar-refractivity contribution is 8.18. The molecule has 1 saturated carbocycles. The van der Waals surface area contributed by atoms with Crippen molar-refractivity contribution in [1.82, 2.24) is 9.47 Å². The number of aromatic nitrogens is 1. The fourth-order valence-corrected chi connectivity index (χ4v) is 5.54. The quantitative estimate of drug-likeness (QED) is 0.581. The highest BCUT2D eigenvalue weighted by Gasteiger charge is 2.39. The van der Waals surface area contributed by atoms with Gasteiger partial charge in [0, 0.05) is 28.7 Å². The number of fused-ring (bicyclic) bond motifs is 1. The maximum atomic E-state index is 13.5. The average Bonchev–Trinajstić information content (AvgIpc) is 3.49. The van der Waals surface area contributed by atoms with Crippen LogP contribution in [-0.4, -0.2) is 32.5 Å². The normalized spacial score (nSPS) is 19.6. The highest BCUT2D eigenvalue weighted by Crippen LogP contribution is 2.39. The fourth-order valence-electron chi connectivity index (χ4n) is 4.49. The molecule has 1 aliphatic heterocycles. The van der Waals surface area contributed by atoms with E-state index in [4.69, 9.17) is 10.7 Å². The maximum Gasteiger partial charge on any atom is 0.267 e. The topological polar surface area (TPSA) is 80.7 Å². The van der Waals surface area contributed by atoms with Crippen LogP contribution in [0.5, 0.6) is 0 Å². The molecular weight excluding hydrogens is 420 g/mol. The molecule has 32 heavy (non-hydrogen) atoms. The Morgan fingerprint density at radius 1 is 1.09 bits per heavy atom. The number of nitrogens with two attached hydrogens (primary N) is 1. The van der Waals surface area contributed by atoms with Gasteiger partial charge in [0.15, 0.2) is 5.17 Å². The third-order valence-electron chi connectivity index (χ3n) is 5.94. The number of amides is 2. The van der Waals surface area contributed by atoms with E-state index in [0.717, 1.165) is 53.0 Å². The lowest BCUT2D eigenvalue weighted by Gasteiger charge is -2.22. The predicted octanol–water partition coefficient (Wildman–Crippen LogP) is 4.67. The van der Waals surface area contributed by atoms with Crippen molar-refractivity contribution in [3.63, 3.8) is 0 Å². The van der Waals surface area contributed by atoms with Crippen LogP contribution in [0, 0.1) is 0 Å². The minimum Gasteiger partial charge on any atom is -0.368 e. The van der Waals surface area contributed by atoms with Gasteiger partial charge in [-0.15, -0.1) is 0 Å². The summed E-state index contributed by atoms with van der Waals surface area (Å²) in [5.41, 5.74) is 8.08. The molecule has 2 aliphatic rings. The summed E-state index contributed by atoms with van der Waals surface area (Å²) >= 11 is 1.42. The number of nitrogens with zero attached hydrogens (tertiary/aromatic N) is 3. The number of carbonyl (C=O) groups is 2. The van der Waals surface area contributed by atoms with Crippen LogP contribution in [0.4, 0.5) is 5.69 Å². The Hall–Kier alpha value is -3.32. The number of primary amides is 1. The molecule has 2 heterocycles. The van der Waals surface area contributed by atoms with Gasteiger partial charge in [0.2, 0.25) is 5.91 Å². The van der Waals surface area contributed by atoms with Crippen molar-refractivity contribution in [2.75, 3.05) is 0 Å². The van der Waals surface area contributed by atoms with Crippen molar-refractivity contribution in [3.05, 3.63) is 71.3 Å². The van der Waals surface area contributed by atoms with Gasteiger partial charge in [0.1, 0.15) is 6.54 Å². The average molecular weight is 445 g/mol. The van der Waals surface area contributed by atoms with Crippen molar-refractivity contribution in [3.8, 4) is 0 Å². The zero-order valence-corrected chi connectivity index (χ0v) is 18.4. The van der Waals surface area contributed by atoms with Crippen LogP contribution in [0.15, 0.2) is 70.7 Å². The molecule has 0 spiro atoms. The summed E-state index contributed by atoms with van der Waals surface area (Å²) in [4.78, 5) is 32.4. The van der Waals surface area contributed by atoms with Gasteiger partial charge in [-0.25, -0.2) is 4.99 Å². The first-order valence-corrected chi connectivity index (χ1v) is 11.6. The number of thioether (sulfide) groups is 1. The molecule has 0 radical (unpaired) electrons. The summed E-state index contributed by atoms with van der Waals surface area (Å²) < 4.78 is 1.84. The van der Waals surface area contributed by atoms with Gasteiger partial charge in [-0.1, -0.05) is 49.2 Å². The van der Waals surface area contributed by atoms with Crippen molar-refractivity contribution in [2.24, 2.45) is 10.7 Å². The number of hydrogen-bond donors (Lipinski definition) is 1. The van der Waals surface area contributed by atoms with Crippen LogP contribution < -0.4 is 5.73 Å². The van der Waals surface area contributed by atoms with E-state index >= 15 is 0 Å². The molecule has 0 unspecified atom stereocenters. The third-order valence-corrected chi connectivity index (χ3v) is 6.92. The first-order chi connectivity index (χ1) is 15.6. The monoisotopic (exact) mass is 444 g/mol. The van der Waals surface area contributed by atoms with E-state index in [2.05, 4.69) is 0 Å². The Morgan fingerprint density at radius 2 is 1.81 bits per heavy atom. The fraction of sp³-hybridized carbons (Fsp3) is 0.240. The molecular formula is C25H24N4O2S. The van der Waals surface area contributed by atoms with Gasteiger partial charge in [-0.3, -0.25) is 14.5 Å². The number of aliphatic imine (C=N–C) groups is 1. The van der Waals surface area contributed by atoms with Crippen LogP contribution in [0.1, 0.15) is 31.2 Å². The Kier molecular flexibility index (Phi) is 5.57. The molecule has 7 heteroatoms. The number of para-hydroxylation sites is 2. The van der Waals surface area contributed by atoms with E-state index in [1.807, 2.05) is 76.3 Å². The van der Waals surface area contributed by atoms with E-state index in [9.17, 15) is 9.59 Å². The van der Waals surface area contributed by atoms with Crippen LogP contribution in [0.25, 0.3) is 17.0 Å². The molecule has 2 amide bonds. The minimum atomic E-state index is -0.402.